The number of nitrogens with two attached hydrogens (primary N) is 1. The summed E-state index contributed by atoms with van der Waals surface area (Å²) in [4.78, 5) is 0. The largest absolute Gasteiger partial charge is 0.330 e. The van der Waals surface area contributed by atoms with E-state index in [1.54, 1.807) is 0 Å². The van der Waals surface area contributed by atoms with Gasteiger partial charge >= 0.3 is 0 Å². The Balaban J connectivity index is 0. The van der Waals surface area contributed by atoms with Crippen LogP contribution in [0.1, 0.15) is 12.8 Å². The summed E-state index contributed by atoms with van der Waals surface area (Å²) >= 11 is 4.24. The molecule has 0 aliphatic rings. The molecule has 0 spiro atoms. The van der Waals surface area contributed by atoms with Gasteiger partial charge < -0.3 is 10.3 Å². The van der Waals surface area contributed by atoms with Gasteiger partial charge in [-0.15, -0.1) is 17.0 Å². The molecule has 0 aromatic carbocycles. The molecule has 6 heteroatoms. The smallest absolute Gasteiger partial charge is 0.141 e. The fraction of sp³-hybridized carbons (Fsp3) is 1.00. The third kappa shape index (κ3) is 11.6. The maximum absolute atomic E-state index is 10.4. The maximum Gasteiger partial charge on any atom is 0.141 e. The summed E-state index contributed by atoms with van der Waals surface area (Å²) in [6.45, 7) is 0.560. The molecule has 0 rings (SSSR count). The van der Waals surface area contributed by atoms with E-state index in [0.29, 0.717) is 13.0 Å². The summed E-state index contributed by atoms with van der Waals surface area (Å²) in [5.41, 5.74) is 5.15. The van der Waals surface area contributed by atoms with E-state index in [0.717, 1.165) is 6.42 Å². The molecule has 0 aliphatic carbocycles. The average molecular weight is 250 g/mol. The molecule has 1 atom stereocenters. The number of halogens is 1. The first-order valence-electron chi connectivity index (χ1n) is 2.71. The second kappa shape index (κ2) is 6.48. The van der Waals surface area contributed by atoms with Gasteiger partial charge in [-0.1, -0.05) is 0 Å². The van der Waals surface area contributed by atoms with Crippen molar-refractivity contribution in [2.24, 2.45) is 5.73 Å². The Morgan fingerprint density at radius 2 is 2.00 bits per heavy atom. The zero-order valence-corrected chi connectivity index (χ0v) is 8.83. The molecular formula is C4H12BrNO2S2. The molecule has 10 heavy (non-hydrogen) atoms. The molecule has 0 saturated carbocycles. The molecule has 3 N–H and O–H groups in total. The molecule has 0 fully saturated rings. The van der Waals surface area contributed by atoms with Gasteiger partial charge in [0.1, 0.15) is 8.77 Å². The second-order valence-corrected chi connectivity index (χ2v) is 4.92. The van der Waals surface area contributed by atoms with E-state index < -0.39 is 8.77 Å². The second-order valence-electron chi connectivity index (χ2n) is 1.78. The monoisotopic (exact) mass is 249 g/mol. The van der Waals surface area contributed by atoms with Crippen molar-refractivity contribution in [2.45, 2.75) is 12.8 Å². The minimum Gasteiger partial charge on any atom is -0.330 e. The first-order valence-corrected chi connectivity index (χ1v) is 5.32. The molecule has 0 bridgehead atoms. The van der Waals surface area contributed by atoms with Crippen molar-refractivity contribution < 1.29 is 8.76 Å². The molecule has 3 nitrogen and oxygen atoms in total. The molecule has 0 heterocycles. The summed E-state index contributed by atoms with van der Waals surface area (Å²) in [6.07, 6.45) is 1.42. The van der Waals surface area contributed by atoms with E-state index in [9.17, 15) is 4.21 Å². The van der Waals surface area contributed by atoms with Crippen molar-refractivity contribution in [1.29, 1.82) is 0 Å². The van der Waals surface area contributed by atoms with E-state index in [2.05, 4.69) is 11.2 Å². The molecular weight excluding hydrogens is 238 g/mol. The van der Waals surface area contributed by atoms with Gasteiger partial charge in [0, 0.05) is 16.9 Å². The zero-order valence-electron chi connectivity index (χ0n) is 5.49. The Morgan fingerprint density at radius 1 is 1.50 bits per heavy atom. The molecule has 0 amide bonds. The van der Waals surface area contributed by atoms with Crippen LogP contribution in [0.4, 0.5) is 0 Å². The number of rotatable bonds is 4. The van der Waals surface area contributed by atoms with Crippen molar-refractivity contribution in [2.75, 3.05) is 12.3 Å². The van der Waals surface area contributed by atoms with Crippen LogP contribution in [0, 0.1) is 0 Å². The highest BCUT2D eigenvalue weighted by Gasteiger charge is 1.97. The lowest BCUT2D eigenvalue weighted by Crippen LogP contribution is -2.05. The molecule has 1 unspecified atom stereocenters. The van der Waals surface area contributed by atoms with Gasteiger partial charge in [0.05, 0.1) is 0 Å². The Kier molecular flexibility index (Phi) is 8.66. The standard InChI is InChI=1S/C4H11NO2S2.BrH/c5-3-1-2-4-9(6,7)8;/h1-5H2,(H,6,7,8);1H. The summed E-state index contributed by atoms with van der Waals surface area (Å²) in [5, 5.41) is 0. The van der Waals surface area contributed by atoms with Gasteiger partial charge in [0.2, 0.25) is 0 Å². The highest BCUT2D eigenvalue weighted by Crippen LogP contribution is 1.91. The van der Waals surface area contributed by atoms with E-state index in [4.69, 9.17) is 10.3 Å². The summed E-state index contributed by atoms with van der Waals surface area (Å²) < 4.78 is 18.9. The molecule has 64 valence electrons. The Labute approximate surface area is 76.6 Å². The van der Waals surface area contributed by atoms with Crippen LogP contribution in [0.2, 0.25) is 0 Å². The predicted molar refractivity (Wildman–Crippen MR) is 51.6 cm³/mol. The first-order chi connectivity index (χ1) is 4.06. The summed E-state index contributed by atoms with van der Waals surface area (Å²) in [6, 6.07) is 0. The predicted octanol–water partition coefficient (Wildman–Crippen LogP) is 0.523. The number of unbranched alkanes of at least 4 members (excludes halogenated alkanes) is 1. The zero-order chi connectivity index (χ0) is 7.33. The fourth-order valence-electron chi connectivity index (χ4n) is 0.429. The average Bonchev–Trinajstić information content (AvgIpc) is 1.63. The third-order valence-corrected chi connectivity index (χ3v) is 2.16. The number of hydrogen-bond acceptors (Lipinski definition) is 3. The van der Waals surface area contributed by atoms with Gasteiger partial charge in [-0.2, -0.15) is 0 Å². The Morgan fingerprint density at radius 3 is 2.30 bits per heavy atom. The maximum atomic E-state index is 10.4. The minimum atomic E-state index is -2.92. The van der Waals surface area contributed by atoms with Gasteiger partial charge in [-0.25, -0.2) is 4.21 Å². The van der Waals surface area contributed by atoms with E-state index in [1.165, 1.54) is 0 Å². The van der Waals surface area contributed by atoms with Crippen LogP contribution in [0.5, 0.6) is 0 Å². The topological polar surface area (TPSA) is 63.3 Å². The van der Waals surface area contributed by atoms with Crippen LogP contribution >= 0.6 is 17.0 Å². The van der Waals surface area contributed by atoms with Crippen molar-refractivity contribution in [3.63, 3.8) is 0 Å². The highest BCUT2D eigenvalue weighted by molar-refractivity contribution is 8.93. The van der Waals surface area contributed by atoms with Crippen LogP contribution in [-0.2, 0) is 20.0 Å². The van der Waals surface area contributed by atoms with Crippen molar-refractivity contribution in [3.05, 3.63) is 0 Å². The Hall–Kier alpha value is 0.770. The van der Waals surface area contributed by atoms with Crippen molar-refractivity contribution in [3.8, 4) is 0 Å². The molecule has 0 radical (unpaired) electrons. The summed E-state index contributed by atoms with van der Waals surface area (Å²) in [7, 11) is -2.92. The number of hydrogen-bond donors (Lipinski definition) is 2. The van der Waals surface area contributed by atoms with Gasteiger partial charge in [-0.05, 0) is 19.4 Å². The summed E-state index contributed by atoms with van der Waals surface area (Å²) in [5.74, 6) is 0.194. The van der Waals surface area contributed by atoms with Crippen molar-refractivity contribution >= 4 is 36.9 Å². The Bertz CT molecular complexity index is 157. The SMILES string of the molecule is Br.NCCCCS(=O)(O)=S. The molecule has 0 saturated heterocycles. The minimum absolute atomic E-state index is 0. The van der Waals surface area contributed by atoms with Gasteiger partial charge in [0.25, 0.3) is 0 Å². The van der Waals surface area contributed by atoms with Crippen LogP contribution in [0.15, 0.2) is 0 Å². The van der Waals surface area contributed by atoms with Crippen LogP contribution < -0.4 is 5.73 Å². The highest BCUT2D eigenvalue weighted by atomic mass is 79.9. The third-order valence-electron chi connectivity index (χ3n) is 0.856. The van der Waals surface area contributed by atoms with Crippen LogP contribution in [0.25, 0.3) is 0 Å². The van der Waals surface area contributed by atoms with E-state index in [-0.39, 0.29) is 22.7 Å². The van der Waals surface area contributed by atoms with E-state index >= 15 is 0 Å². The lowest BCUT2D eigenvalue weighted by Gasteiger charge is -1.95. The van der Waals surface area contributed by atoms with Gasteiger partial charge in [-0.3, -0.25) is 0 Å². The quantitative estimate of drug-likeness (QED) is 0.714. The van der Waals surface area contributed by atoms with Crippen LogP contribution in [-0.4, -0.2) is 21.1 Å². The fourth-order valence-corrected chi connectivity index (χ4v) is 1.35. The van der Waals surface area contributed by atoms with E-state index in [1.807, 2.05) is 0 Å². The molecule has 0 aromatic rings. The lowest BCUT2D eigenvalue weighted by molar-refractivity contribution is 0.558. The molecule has 0 aliphatic heterocycles. The normalized spacial score (nSPS) is 15.4. The molecule has 0 aromatic heterocycles. The first kappa shape index (κ1) is 13.4. The van der Waals surface area contributed by atoms with Crippen molar-refractivity contribution in [1.82, 2.24) is 0 Å². The van der Waals surface area contributed by atoms with Crippen LogP contribution in [0.3, 0.4) is 0 Å². The lowest BCUT2D eigenvalue weighted by atomic mass is 10.3. The van der Waals surface area contributed by atoms with Gasteiger partial charge in [0.15, 0.2) is 0 Å².